The van der Waals surface area contributed by atoms with E-state index in [0.717, 1.165) is 60.2 Å². The van der Waals surface area contributed by atoms with E-state index in [-0.39, 0.29) is 5.60 Å². The van der Waals surface area contributed by atoms with Crippen LogP contribution in [0.3, 0.4) is 0 Å². The summed E-state index contributed by atoms with van der Waals surface area (Å²) in [6.45, 7) is 2.93. The summed E-state index contributed by atoms with van der Waals surface area (Å²) >= 11 is 0. The minimum absolute atomic E-state index is 0.201. The van der Waals surface area contributed by atoms with Crippen molar-refractivity contribution in [3.05, 3.63) is 24.0 Å². The topological polar surface area (TPSA) is 76.0 Å². The average molecular weight is 411 g/mol. The van der Waals surface area contributed by atoms with Gasteiger partial charge in [0.25, 0.3) is 0 Å². The summed E-state index contributed by atoms with van der Waals surface area (Å²) in [6.07, 6.45) is 17.0. The van der Waals surface area contributed by atoms with Crippen LogP contribution in [0.2, 0.25) is 0 Å². The van der Waals surface area contributed by atoms with Crippen LogP contribution >= 0.6 is 0 Å². The SMILES string of the molecule is CCn1ncc2c(NC3CCCCC3)c(C3=CC4(CCC(NC)CC4)ON3)cnc21. The molecule has 3 N–H and O–H groups in total. The number of rotatable bonds is 5. The van der Waals surface area contributed by atoms with E-state index in [1.165, 1.54) is 32.1 Å². The van der Waals surface area contributed by atoms with Crippen molar-refractivity contribution in [1.82, 2.24) is 25.6 Å². The Morgan fingerprint density at radius 3 is 2.67 bits per heavy atom. The monoisotopic (exact) mass is 410 g/mol. The predicted molar refractivity (Wildman–Crippen MR) is 120 cm³/mol. The number of fused-ring (bicyclic) bond motifs is 1. The standard InChI is InChI=1S/C23H34N6O/c1-3-29-22-19(15-26-29)21(27-17-7-5-4-6-8-17)18(14-25-22)20-13-23(30-28-20)11-9-16(24-2)10-12-23/h13-17,24,28H,3-12H2,1-2H3,(H,25,27). The first-order chi connectivity index (χ1) is 14.7. The van der Waals surface area contributed by atoms with Crippen molar-refractivity contribution in [3.63, 3.8) is 0 Å². The van der Waals surface area contributed by atoms with Crippen LogP contribution in [0.15, 0.2) is 18.5 Å². The van der Waals surface area contributed by atoms with E-state index in [1.54, 1.807) is 0 Å². The second kappa shape index (κ2) is 8.19. The van der Waals surface area contributed by atoms with E-state index in [2.05, 4.69) is 41.3 Å². The molecule has 3 aliphatic rings. The van der Waals surface area contributed by atoms with Gasteiger partial charge in [-0.3, -0.25) is 10.3 Å². The van der Waals surface area contributed by atoms with Gasteiger partial charge in [0.05, 0.1) is 23.0 Å². The fourth-order valence-corrected chi connectivity index (χ4v) is 5.32. The highest BCUT2D eigenvalue weighted by atomic mass is 16.7. The molecule has 1 spiro atoms. The number of aromatic nitrogens is 3. The van der Waals surface area contributed by atoms with Crippen molar-refractivity contribution in [3.8, 4) is 0 Å². The zero-order valence-electron chi connectivity index (χ0n) is 18.2. The van der Waals surface area contributed by atoms with Gasteiger partial charge in [-0.2, -0.15) is 5.10 Å². The molecule has 30 heavy (non-hydrogen) atoms. The van der Waals surface area contributed by atoms with Crippen LogP contribution in [-0.2, 0) is 11.4 Å². The van der Waals surface area contributed by atoms with Crippen LogP contribution in [0, 0.1) is 0 Å². The first-order valence-electron chi connectivity index (χ1n) is 11.7. The van der Waals surface area contributed by atoms with Gasteiger partial charge in [-0.25, -0.2) is 9.67 Å². The normalized spacial score (nSPS) is 27.4. The quantitative estimate of drug-likeness (QED) is 0.692. The Labute approximate surface area is 178 Å². The molecule has 0 radical (unpaired) electrons. The Bertz CT molecular complexity index is 921. The van der Waals surface area contributed by atoms with E-state index in [1.807, 2.05) is 17.1 Å². The van der Waals surface area contributed by atoms with Crippen LogP contribution in [0.4, 0.5) is 5.69 Å². The highest BCUT2D eigenvalue weighted by molar-refractivity contribution is 5.95. The highest BCUT2D eigenvalue weighted by Gasteiger charge is 2.39. The third-order valence-corrected chi connectivity index (χ3v) is 7.22. The molecule has 7 nitrogen and oxygen atoms in total. The van der Waals surface area contributed by atoms with E-state index in [4.69, 9.17) is 9.82 Å². The molecule has 2 fully saturated rings. The molecule has 2 aromatic rings. The van der Waals surface area contributed by atoms with Gasteiger partial charge in [-0.15, -0.1) is 0 Å². The third-order valence-electron chi connectivity index (χ3n) is 7.22. The van der Waals surface area contributed by atoms with E-state index < -0.39 is 0 Å². The fourth-order valence-electron chi connectivity index (χ4n) is 5.32. The predicted octanol–water partition coefficient (Wildman–Crippen LogP) is 3.97. The number of nitrogens with one attached hydrogen (secondary N) is 3. The lowest BCUT2D eigenvalue weighted by Gasteiger charge is -2.33. The molecule has 0 bridgehead atoms. The number of anilines is 1. The van der Waals surface area contributed by atoms with Crippen LogP contribution < -0.4 is 16.1 Å². The van der Waals surface area contributed by atoms with Gasteiger partial charge < -0.3 is 10.6 Å². The summed E-state index contributed by atoms with van der Waals surface area (Å²) in [4.78, 5) is 11.0. The lowest BCUT2D eigenvalue weighted by atomic mass is 9.81. The van der Waals surface area contributed by atoms with Gasteiger partial charge >= 0.3 is 0 Å². The average Bonchev–Trinajstić information content (AvgIpc) is 3.40. The van der Waals surface area contributed by atoms with Crippen molar-refractivity contribution in [2.75, 3.05) is 12.4 Å². The van der Waals surface area contributed by atoms with E-state index >= 15 is 0 Å². The maximum atomic E-state index is 6.18. The van der Waals surface area contributed by atoms with E-state index in [9.17, 15) is 0 Å². The molecule has 5 rings (SSSR count). The van der Waals surface area contributed by atoms with Crippen molar-refractivity contribution >= 4 is 22.4 Å². The summed E-state index contributed by atoms with van der Waals surface area (Å²) < 4.78 is 1.97. The molecule has 3 heterocycles. The number of hydrogen-bond donors (Lipinski definition) is 3. The maximum absolute atomic E-state index is 6.18. The molecule has 0 atom stereocenters. The number of aryl methyl sites for hydroxylation is 1. The van der Waals surface area contributed by atoms with Crippen LogP contribution in [0.1, 0.15) is 70.3 Å². The summed E-state index contributed by atoms with van der Waals surface area (Å²) in [5, 5.41) is 13.0. The molecule has 0 saturated heterocycles. The van der Waals surface area contributed by atoms with Crippen LogP contribution in [0.5, 0.6) is 0 Å². The Kier molecular flexibility index (Phi) is 5.41. The summed E-state index contributed by atoms with van der Waals surface area (Å²) in [7, 11) is 2.05. The smallest absolute Gasteiger partial charge is 0.159 e. The van der Waals surface area contributed by atoms with Crippen LogP contribution in [0.25, 0.3) is 16.7 Å². The molecule has 162 valence electrons. The molecular weight excluding hydrogens is 376 g/mol. The largest absolute Gasteiger partial charge is 0.381 e. The van der Waals surface area contributed by atoms with Crippen molar-refractivity contribution in [2.24, 2.45) is 0 Å². The molecule has 2 aliphatic carbocycles. The van der Waals surface area contributed by atoms with Crippen molar-refractivity contribution in [2.45, 2.75) is 88.9 Å². The van der Waals surface area contributed by atoms with Crippen molar-refractivity contribution < 1.29 is 4.84 Å². The molecule has 0 unspecified atom stereocenters. The van der Waals surface area contributed by atoms with Crippen LogP contribution in [-0.4, -0.2) is 39.5 Å². The third kappa shape index (κ3) is 3.58. The minimum Gasteiger partial charge on any atom is -0.381 e. The Hall–Kier alpha value is -2.12. The van der Waals surface area contributed by atoms with Gasteiger partial charge in [0.2, 0.25) is 0 Å². The second-order valence-corrected chi connectivity index (χ2v) is 9.11. The molecule has 1 aliphatic heterocycles. The second-order valence-electron chi connectivity index (χ2n) is 9.11. The minimum atomic E-state index is -0.201. The molecule has 0 aromatic carbocycles. The van der Waals surface area contributed by atoms with Gasteiger partial charge in [-0.1, -0.05) is 19.3 Å². The molecule has 2 saturated carbocycles. The zero-order chi connectivity index (χ0) is 20.6. The van der Waals surface area contributed by atoms with Gasteiger partial charge in [0.15, 0.2) is 5.65 Å². The number of hydroxylamine groups is 1. The van der Waals surface area contributed by atoms with Gasteiger partial charge in [-0.05, 0) is 58.6 Å². The van der Waals surface area contributed by atoms with Gasteiger partial charge in [0.1, 0.15) is 5.60 Å². The van der Waals surface area contributed by atoms with Gasteiger partial charge in [0, 0.05) is 30.4 Å². The highest BCUT2D eigenvalue weighted by Crippen LogP contribution is 2.41. The number of nitrogens with zero attached hydrogens (tertiary/aromatic N) is 3. The molecular formula is C23H34N6O. The van der Waals surface area contributed by atoms with E-state index in [0.29, 0.717) is 12.1 Å². The number of hydrogen-bond acceptors (Lipinski definition) is 6. The Morgan fingerprint density at radius 2 is 1.93 bits per heavy atom. The lowest BCUT2D eigenvalue weighted by molar-refractivity contribution is -0.0595. The molecule has 7 heteroatoms. The zero-order valence-corrected chi connectivity index (χ0v) is 18.2. The Morgan fingerprint density at radius 1 is 1.13 bits per heavy atom. The fraction of sp³-hybridized carbons (Fsp3) is 0.652. The first-order valence-corrected chi connectivity index (χ1v) is 11.7. The lowest BCUT2D eigenvalue weighted by Crippen LogP contribution is -2.40. The Balaban J connectivity index is 1.50. The summed E-state index contributed by atoms with van der Waals surface area (Å²) in [5.41, 5.74) is 7.29. The summed E-state index contributed by atoms with van der Waals surface area (Å²) in [6, 6.07) is 1.11. The summed E-state index contributed by atoms with van der Waals surface area (Å²) in [5.74, 6) is 0. The van der Waals surface area contributed by atoms with Crippen molar-refractivity contribution in [1.29, 1.82) is 0 Å². The maximum Gasteiger partial charge on any atom is 0.159 e. The molecule has 0 amide bonds. The first kappa shape index (κ1) is 19.8. The molecule has 2 aromatic heterocycles. The number of pyridine rings is 1.